The molecule has 0 saturated carbocycles. The highest BCUT2D eigenvalue weighted by Gasteiger charge is 2.17. The Morgan fingerprint density at radius 2 is 2.21 bits per heavy atom. The van der Waals surface area contributed by atoms with Gasteiger partial charge in [0.25, 0.3) is 0 Å². The van der Waals surface area contributed by atoms with Crippen LogP contribution in [-0.4, -0.2) is 15.7 Å². The molecule has 2 N–H and O–H groups in total. The Morgan fingerprint density at radius 3 is 2.89 bits per heavy atom. The number of carbonyl (C=O) groups is 1. The zero-order valence-electron chi connectivity index (χ0n) is 10.5. The molecule has 1 aromatic carbocycles. The van der Waals surface area contributed by atoms with E-state index in [-0.39, 0.29) is 12.3 Å². The predicted molar refractivity (Wildman–Crippen MR) is 72.9 cm³/mol. The molecular formula is C13H14ClN3O2. The summed E-state index contributed by atoms with van der Waals surface area (Å²) < 4.78 is 6.72. The van der Waals surface area contributed by atoms with Crippen LogP contribution in [0.2, 0.25) is 5.02 Å². The summed E-state index contributed by atoms with van der Waals surface area (Å²) in [7, 11) is 0. The minimum Gasteiger partial charge on any atom is -0.456 e. The number of rotatable bonds is 4. The van der Waals surface area contributed by atoms with Gasteiger partial charge in [-0.2, -0.15) is 5.10 Å². The number of aromatic nitrogens is 2. The highest BCUT2D eigenvalue weighted by atomic mass is 35.5. The maximum Gasteiger partial charge on any atom is 0.359 e. The lowest BCUT2D eigenvalue weighted by atomic mass is 10.2. The monoisotopic (exact) mass is 279 g/mol. The number of hydrogen-bond donors (Lipinski definition) is 1. The van der Waals surface area contributed by atoms with Gasteiger partial charge in [0, 0.05) is 17.1 Å². The van der Waals surface area contributed by atoms with Crippen LogP contribution in [0.25, 0.3) is 0 Å². The minimum atomic E-state index is -0.503. The van der Waals surface area contributed by atoms with E-state index in [0.717, 1.165) is 5.56 Å². The minimum absolute atomic E-state index is 0.104. The third-order valence-corrected chi connectivity index (χ3v) is 3.05. The molecule has 0 unspecified atom stereocenters. The van der Waals surface area contributed by atoms with Crippen LogP contribution in [0.4, 0.5) is 5.69 Å². The van der Waals surface area contributed by atoms with E-state index in [2.05, 4.69) is 5.10 Å². The number of hydrogen-bond acceptors (Lipinski definition) is 4. The van der Waals surface area contributed by atoms with Crippen LogP contribution in [-0.2, 0) is 17.9 Å². The number of anilines is 1. The van der Waals surface area contributed by atoms with Gasteiger partial charge < -0.3 is 10.5 Å². The number of aryl methyl sites for hydroxylation is 1. The summed E-state index contributed by atoms with van der Waals surface area (Å²) >= 11 is 5.99. The molecule has 0 saturated heterocycles. The Morgan fingerprint density at radius 1 is 1.47 bits per heavy atom. The van der Waals surface area contributed by atoms with E-state index < -0.39 is 5.97 Å². The summed E-state index contributed by atoms with van der Waals surface area (Å²) in [5, 5.41) is 4.55. The van der Waals surface area contributed by atoms with Gasteiger partial charge in [0.15, 0.2) is 5.69 Å². The lowest BCUT2D eigenvalue weighted by Crippen LogP contribution is -2.14. The molecule has 0 radical (unpaired) electrons. The molecule has 5 nitrogen and oxygen atoms in total. The summed E-state index contributed by atoms with van der Waals surface area (Å²) in [6, 6.07) is 7.20. The van der Waals surface area contributed by atoms with Gasteiger partial charge in [0.1, 0.15) is 6.61 Å². The smallest absolute Gasteiger partial charge is 0.359 e. The Balaban J connectivity index is 2.10. The molecule has 0 aliphatic heterocycles. The molecule has 0 aliphatic rings. The number of halogens is 1. The van der Waals surface area contributed by atoms with E-state index >= 15 is 0 Å². The van der Waals surface area contributed by atoms with E-state index in [1.54, 1.807) is 12.1 Å². The summed E-state index contributed by atoms with van der Waals surface area (Å²) in [5.41, 5.74) is 7.04. The fourth-order valence-electron chi connectivity index (χ4n) is 1.69. The second-order valence-electron chi connectivity index (χ2n) is 3.93. The molecule has 100 valence electrons. The standard InChI is InChI=1S/C13H14ClN3O2/c1-2-17-12(11(15)7-16-17)13(18)19-8-9-5-3-4-6-10(9)14/h3-7H,2,8,15H2,1H3. The fourth-order valence-corrected chi connectivity index (χ4v) is 1.88. The number of benzene rings is 1. The highest BCUT2D eigenvalue weighted by Crippen LogP contribution is 2.18. The first kappa shape index (κ1) is 13.4. The number of nitrogens with two attached hydrogens (primary N) is 1. The summed E-state index contributed by atoms with van der Waals surface area (Å²) in [4.78, 5) is 12.0. The zero-order valence-corrected chi connectivity index (χ0v) is 11.2. The molecule has 0 spiro atoms. The molecular weight excluding hydrogens is 266 g/mol. The van der Waals surface area contributed by atoms with Gasteiger partial charge in [-0.05, 0) is 13.0 Å². The molecule has 1 aromatic heterocycles. The van der Waals surface area contributed by atoms with Gasteiger partial charge in [-0.3, -0.25) is 4.68 Å². The molecule has 2 aromatic rings. The van der Waals surface area contributed by atoms with E-state index in [9.17, 15) is 4.79 Å². The largest absolute Gasteiger partial charge is 0.456 e. The van der Waals surface area contributed by atoms with Crippen molar-refractivity contribution < 1.29 is 9.53 Å². The Kier molecular flexibility index (Phi) is 4.06. The number of esters is 1. The van der Waals surface area contributed by atoms with Crippen molar-refractivity contribution in [3.05, 3.63) is 46.7 Å². The van der Waals surface area contributed by atoms with Crippen molar-refractivity contribution in [2.24, 2.45) is 0 Å². The first-order chi connectivity index (χ1) is 9.13. The zero-order chi connectivity index (χ0) is 13.8. The lowest BCUT2D eigenvalue weighted by molar-refractivity contribution is 0.0460. The van der Waals surface area contributed by atoms with Crippen LogP contribution < -0.4 is 5.73 Å². The van der Waals surface area contributed by atoms with E-state index in [1.165, 1.54) is 10.9 Å². The third kappa shape index (κ3) is 2.88. The predicted octanol–water partition coefficient (Wildman–Crippen LogP) is 2.50. The normalized spacial score (nSPS) is 10.4. The lowest BCUT2D eigenvalue weighted by Gasteiger charge is -2.08. The van der Waals surface area contributed by atoms with Crippen LogP contribution in [0.15, 0.2) is 30.5 Å². The highest BCUT2D eigenvalue weighted by molar-refractivity contribution is 6.31. The molecule has 0 bridgehead atoms. The second kappa shape index (κ2) is 5.75. The van der Waals surface area contributed by atoms with Gasteiger partial charge >= 0.3 is 5.97 Å². The SMILES string of the molecule is CCn1ncc(N)c1C(=O)OCc1ccccc1Cl. The molecule has 19 heavy (non-hydrogen) atoms. The number of ether oxygens (including phenoxy) is 1. The van der Waals surface area contributed by atoms with Crippen LogP contribution >= 0.6 is 11.6 Å². The average Bonchev–Trinajstić information content (AvgIpc) is 2.78. The van der Waals surface area contributed by atoms with Gasteiger partial charge in [0.05, 0.1) is 11.9 Å². The average molecular weight is 280 g/mol. The van der Waals surface area contributed by atoms with Crippen LogP contribution in [0, 0.1) is 0 Å². The Labute approximate surface area is 115 Å². The quantitative estimate of drug-likeness (QED) is 0.873. The van der Waals surface area contributed by atoms with Gasteiger partial charge in [-0.15, -0.1) is 0 Å². The number of nitrogens with zero attached hydrogens (tertiary/aromatic N) is 2. The van der Waals surface area contributed by atoms with Crippen molar-refractivity contribution in [1.29, 1.82) is 0 Å². The number of carbonyl (C=O) groups excluding carboxylic acids is 1. The van der Waals surface area contributed by atoms with Crippen LogP contribution in [0.3, 0.4) is 0 Å². The summed E-state index contributed by atoms with van der Waals surface area (Å²) in [6.07, 6.45) is 1.44. The Hall–Kier alpha value is -2.01. The molecule has 0 amide bonds. The number of nitrogen functional groups attached to an aromatic ring is 1. The van der Waals surface area contributed by atoms with Crippen LogP contribution in [0.5, 0.6) is 0 Å². The van der Waals surface area contributed by atoms with E-state index in [0.29, 0.717) is 17.3 Å². The van der Waals surface area contributed by atoms with Crippen molar-refractivity contribution in [3.8, 4) is 0 Å². The maximum atomic E-state index is 12.0. The molecule has 6 heteroatoms. The van der Waals surface area contributed by atoms with Crippen molar-refractivity contribution in [2.75, 3.05) is 5.73 Å². The maximum absolute atomic E-state index is 12.0. The molecule has 0 fully saturated rings. The molecule has 0 aliphatic carbocycles. The van der Waals surface area contributed by atoms with Crippen molar-refractivity contribution >= 4 is 23.3 Å². The van der Waals surface area contributed by atoms with Crippen molar-refractivity contribution in [3.63, 3.8) is 0 Å². The fraction of sp³-hybridized carbons (Fsp3) is 0.231. The summed E-state index contributed by atoms with van der Waals surface area (Å²) in [6.45, 7) is 2.53. The van der Waals surface area contributed by atoms with Gasteiger partial charge in [0.2, 0.25) is 0 Å². The second-order valence-corrected chi connectivity index (χ2v) is 4.34. The van der Waals surface area contributed by atoms with Crippen LogP contribution in [0.1, 0.15) is 23.0 Å². The topological polar surface area (TPSA) is 70.1 Å². The van der Waals surface area contributed by atoms with Crippen molar-refractivity contribution in [2.45, 2.75) is 20.1 Å². The molecule has 2 rings (SSSR count). The van der Waals surface area contributed by atoms with Crippen molar-refractivity contribution in [1.82, 2.24) is 9.78 Å². The van der Waals surface area contributed by atoms with Gasteiger partial charge in [-0.1, -0.05) is 29.8 Å². The van der Waals surface area contributed by atoms with E-state index in [1.807, 2.05) is 19.1 Å². The summed E-state index contributed by atoms with van der Waals surface area (Å²) in [5.74, 6) is -0.503. The van der Waals surface area contributed by atoms with E-state index in [4.69, 9.17) is 22.1 Å². The first-order valence-corrected chi connectivity index (χ1v) is 6.23. The van der Waals surface area contributed by atoms with Gasteiger partial charge in [-0.25, -0.2) is 4.79 Å². The first-order valence-electron chi connectivity index (χ1n) is 5.85. The molecule has 1 heterocycles. The molecule has 0 atom stereocenters. The Bertz CT molecular complexity index is 595. The third-order valence-electron chi connectivity index (χ3n) is 2.68.